The predicted molar refractivity (Wildman–Crippen MR) is 64.2 cm³/mol. The lowest BCUT2D eigenvalue weighted by molar-refractivity contribution is -0.216. The number of nitrogens with one attached hydrogen (secondary N) is 1. The van der Waals surface area contributed by atoms with Gasteiger partial charge in [-0.1, -0.05) is 6.07 Å². The summed E-state index contributed by atoms with van der Waals surface area (Å²) in [6, 6.07) is 3.17. The van der Waals surface area contributed by atoms with E-state index in [-0.39, 0.29) is 25.2 Å². The van der Waals surface area contributed by atoms with Crippen molar-refractivity contribution in [3.63, 3.8) is 0 Å². The van der Waals surface area contributed by atoms with Crippen LogP contribution >= 0.6 is 0 Å². The summed E-state index contributed by atoms with van der Waals surface area (Å²) in [5.74, 6) is -5.10. The largest absolute Gasteiger partial charge is 0.383 e. The number of halogens is 2. The van der Waals surface area contributed by atoms with Crippen LogP contribution in [0.5, 0.6) is 0 Å². The zero-order valence-electron chi connectivity index (χ0n) is 10.2. The molecule has 0 saturated heterocycles. The Morgan fingerprint density at radius 1 is 1.58 bits per heavy atom. The van der Waals surface area contributed by atoms with E-state index in [1.165, 1.54) is 6.20 Å². The number of carbonyl (C=O) groups excluding carboxylic acids is 1. The number of anilines is 1. The van der Waals surface area contributed by atoms with E-state index in [9.17, 15) is 18.7 Å². The Hall–Kier alpha value is -1.76. The van der Waals surface area contributed by atoms with Crippen LogP contribution in [0.3, 0.4) is 0 Å². The van der Waals surface area contributed by atoms with Crippen molar-refractivity contribution in [2.75, 3.05) is 5.73 Å². The van der Waals surface area contributed by atoms with E-state index in [0.717, 1.165) is 0 Å². The Labute approximate surface area is 108 Å². The fourth-order valence-corrected chi connectivity index (χ4v) is 1.92. The highest BCUT2D eigenvalue weighted by Crippen LogP contribution is 2.44. The molecule has 1 amide bonds. The standard InChI is InChI=1S/C12H15F2N3O2/c13-12(14,11(19)4-2-5-11)10(18)17-7-8-3-1-6-16-9(8)15/h1,3,6,19H,2,4-5,7H2,(H2,15,16)(H,17,18). The molecule has 4 N–H and O–H groups in total. The first-order valence-electron chi connectivity index (χ1n) is 5.95. The lowest BCUT2D eigenvalue weighted by Gasteiger charge is -2.41. The van der Waals surface area contributed by atoms with Gasteiger partial charge < -0.3 is 16.2 Å². The van der Waals surface area contributed by atoms with E-state index in [0.29, 0.717) is 12.0 Å². The van der Waals surface area contributed by atoms with E-state index in [1.807, 2.05) is 0 Å². The molecule has 0 spiro atoms. The molecule has 0 unspecified atom stereocenters. The minimum atomic E-state index is -3.79. The van der Waals surface area contributed by atoms with E-state index < -0.39 is 17.4 Å². The predicted octanol–water partition coefficient (Wildman–Crippen LogP) is 0.830. The van der Waals surface area contributed by atoms with E-state index in [2.05, 4.69) is 10.3 Å². The second-order valence-electron chi connectivity index (χ2n) is 4.69. The molecule has 2 rings (SSSR count). The van der Waals surface area contributed by atoms with Crippen molar-refractivity contribution in [2.24, 2.45) is 0 Å². The Morgan fingerprint density at radius 3 is 2.79 bits per heavy atom. The highest BCUT2D eigenvalue weighted by atomic mass is 19.3. The third-order valence-electron chi connectivity index (χ3n) is 3.42. The van der Waals surface area contributed by atoms with Crippen LogP contribution in [0, 0.1) is 0 Å². The number of rotatable bonds is 4. The molecule has 104 valence electrons. The van der Waals surface area contributed by atoms with Crippen molar-refractivity contribution in [1.29, 1.82) is 0 Å². The molecule has 0 bridgehead atoms. The molecule has 0 atom stereocenters. The summed E-state index contributed by atoms with van der Waals surface area (Å²) in [6.07, 6.45) is 1.83. The second kappa shape index (κ2) is 4.73. The number of amides is 1. The average molecular weight is 271 g/mol. The molecule has 1 heterocycles. The Morgan fingerprint density at radius 2 is 2.26 bits per heavy atom. The summed E-state index contributed by atoms with van der Waals surface area (Å²) in [5, 5.41) is 11.7. The van der Waals surface area contributed by atoms with Crippen LogP contribution in [0.2, 0.25) is 0 Å². The van der Waals surface area contributed by atoms with Gasteiger partial charge in [0.2, 0.25) is 0 Å². The van der Waals surface area contributed by atoms with Gasteiger partial charge in [-0.2, -0.15) is 8.78 Å². The van der Waals surface area contributed by atoms with E-state index in [1.54, 1.807) is 12.1 Å². The summed E-state index contributed by atoms with van der Waals surface area (Å²) in [4.78, 5) is 15.3. The van der Waals surface area contributed by atoms with Gasteiger partial charge in [-0.05, 0) is 25.3 Å². The van der Waals surface area contributed by atoms with Crippen LogP contribution in [-0.4, -0.2) is 27.5 Å². The Bertz CT molecular complexity index is 490. The summed E-state index contributed by atoms with van der Waals surface area (Å²) in [7, 11) is 0. The number of hydrogen-bond donors (Lipinski definition) is 3. The summed E-state index contributed by atoms with van der Waals surface area (Å²) in [6.45, 7) is -0.149. The maximum atomic E-state index is 13.7. The first-order chi connectivity index (χ1) is 8.87. The van der Waals surface area contributed by atoms with Gasteiger partial charge >= 0.3 is 5.92 Å². The molecule has 0 aromatic carbocycles. The molecule has 1 fully saturated rings. The zero-order chi connectivity index (χ0) is 14.1. The molecule has 1 aromatic heterocycles. The van der Waals surface area contributed by atoms with Crippen molar-refractivity contribution in [2.45, 2.75) is 37.3 Å². The van der Waals surface area contributed by atoms with Crippen LogP contribution in [-0.2, 0) is 11.3 Å². The molecular formula is C12H15F2N3O2. The van der Waals surface area contributed by atoms with Crippen LogP contribution in [0.4, 0.5) is 14.6 Å². The van der Waals surface area contributed by atoms with Gasteiger partial charge in [0.1, 0.15) is 11.4 Å². The summed E-state index contributed by atoms with van der Waals surface area (Å²) < 4.78 is 27.5. The van der Waals surface area contributed by atoms with Gasteiger partial charge in [0.25, 0.3) is 5.91 Å². The number of aliphatic hydroxyl groups is 1. The Kier molecular flexibility index (Phi) is 3.40. The van der Waals surface area contributed by atoms with E-state index in [4.69, 9.17) is 5.73 Å². The van der Waals surface area contributed by atoms with Gasteiger partial charge in [-0.25, -0.2) is 4.98 Å². The first kappa shape index (κ1) is 13.7. The van der Waals surface area contributed by atoms with Gasteiger partial charge in [-0.3, -0.25) is 4.79 Å². The minimum Gasteiger partial charge on any atom is -0.383 e. The van der Waals surface area contributed by atoms with Gasteiger partial charge in [0.15, 0.2) is 0 Å². The minimum absolute atomic E-state index is 0.0670. The van der Waals surface area contributed by atoms with Crippen molar-refractivity contribution >= 4 is 11.7 Å². The number of nitrogen functional groups attached to an aromatic ring is 1. The van der Waals surface area contributed by atoms with Crippen molar-refractivity contribution in [3.05, 3.63) is 23.9 Å². The number of carbonyl (C=O) groups is 1. The molecule has 1 aliphatic carbocycles. The average Bonchev–Trinajstić information content (AvgIpc) is 2.34. The topological polar surface area (TPSA) is 88.2 Å². The maximum absolute atomic E-state index is 13.7. The lowest BCUT2D eigenvalue weighted by Crippen LogP contribution is -2.60. The molecule has 1 aliphatic rings. The Balaban J connectivity index is 2.00. The third kappa shape index (κ3) is 2.37. The quantitative estimate of drug-likeness (QED) is 0.757. The van der Waals surface area contributed by atoms with Crippen LogP contribution < -0.4 is 11.1 Å². The van der Waals surface area contributed by atoms with Gasteiger partial charge in [0, 0.05) is 18.3 Å². The van der Waals surface area contributed by atoms with Crippen molar-refractivity contribution in [1.82, 2.24) is 10.3 Å². The smallest absolute Gasteiger partial charge is 0.352 e. The zero-order valence-corrected chi connectivity index (χ0v) is 10.2. The number of aromatic nitrogens is 1. The molecule has 7 heteroatoms. The molecule has 1 saturated carbocycles. The van der Waals surface area contributed by atoms with Crippen LogP contribution in [0.25, 0.3) is 0 Å². The molecular weight excluding hydrogens is 256 g/mol. The van der Waals surface area contributed by atoms with Crippen molar-refractivity contribution < 1.29 is 18.7 Å². The molecule has 5 nitrogen and oxygen atoms in total. The molecule has 19 heavy (non-hydrogen) atoms. The number of pyridine rings is 1. The van der Waals surface area contributed by atoms with E-state index >= 15 is 0 Å². The fraction of sp³-hybridized carbons (Fsp3) is 0.500. The third-order valence-corrected chi connectivity index (χ3v) is 3.42. The maximum Gasteiger partial charge on any atom is 0.352 e. The normalized spacial score (nSPS) is 17.6. The number of hydrogen-bond acceptors (Lipinski definition) is 4. The molecule has 1 aromatic rings. The summed E-state index contributed by atoms with van der Waals surface area (Å²) in [5.41, 5.74) is 3.78. The number of nitrogens with two attached hydrogens (primary N) is 1. The van der Waals surface area contributed by atoms with Gasteiger partial charge in [-0.15, -0.1) is 0 Å². The highest BCUT2D eigenvalue weighted by molar-refractivity contribution is 5.85. The van der Waals surface area contributed by atoms with Crippen LogP contribution in [0.1, 0.15) is 24.8 Å². The lowest BCUT2D eigenvalue weighted by atomic mass is 9.75. The monoisotopic (exact) mass is 271 g/mol. The van der Waals surface area contributed by atoms with Gasteiger partial charge in [0.05, 0.1) is 0 Å². The second-order valence-corrected chi connectivity index (χ2v) is 4.69. The SMILES string of the molecule is Nc1ncccc1CNC(=O)C(F)(F)C1(O)CCC1. The van der Waals surface area contributed by atoms with Crippen LogP contribution in [0.15, 0.2) is 18.3 Å². The number of alkyl halides is 2. The summed E-state index contributed by atoms with van der Waals surface area (Å²) >= 11 is 0. The first-order valence-corrected chi connectivity index (χ1v) is 5.95. The molecule has 0 radical (unpaired) electrons. The molecule has 0 aliphatic heterocycles. The highest BCUT2D eigenvalue weighted by Gasteiger charge is 2.61. The van der Waals surface area contributed by atoms with Crippen molar-refractivity contribution in [3.8, 4) is 0 Å². The fourth-order valence-electron chi connectivity index (χ4n) is 1.92. The number of nitrogens with zero attached hydrogens (tertiary/aromatic N) is 1.